The van der Waals surface area contributed by atoms with E-state index in [9.17, 15) is 19.8 Å². The minimum Gasteiger partial charge on any atom is -0.508 e. The van der Waals surface area contributed by atoms with Crippen LogP contribution in [0.25, 0.3) is 21.8 Å². The van der Waals surface area contributed by atoms with Crippen molar-refractivity contribution in [2.45, 2.75) is 37.5 Å². The van der Waals surface area contributed by atoms with Crippen LogP contribution in [0.4, 0.5) is 0 Å². The molecule has 2 N–H and O–H groups in total. The molecule has 0 radical (unpaired) electrons. The summed E-state index contributed by atoms with van der Waals surface area (Å²) in [5.41, 5.74) is -0.268. The standard InChI is InChI=1S/C22H18N2O6/c25-11-5-7-17-15(9-11)21(27)29-19(23-17)13-3-1-2-4-14(13)20-24-18-8-6-12(26)10-16(18)22(28)30-20/h5-10,13-14,25-26H,1-4H2. The highest BCUT2D eigenvalue weighted by Crippen LogP contribution is 2.43. The smallest absolute Gasteiger partial charge is 0.346 e. The second-order valence-corrected chi connectivity index (χ2v) is 7.58. The molecule has 4 aromatic rings. The summed E-state index contributed by atoms with van der Waals surface area (Å²) in [5, 5.41) is 19.7. The fourth-order valence-corrected chi connectivity index (χ4v) is 4.19. The minimum absolute atomic E-state index is 0.0342. The molecule has 2 aromatic carbocycles. The maximum Gasteiger partial charge on any atom is 0.346 e. The molecule has 1 aliphatic carbocycles. The van der Waals surface area contributed by atoms with Crippen LogP contribution < -0.4 is 11.3 Å². The molecule has 0 amide bonds. The fraction of sp³-hybridized carbons (Fsp3) is 0.273. The Balaban J connectivity index is 1.62. The van der Waals surface area contributed by atoms with Crippen molar-refractivity contribution in [3.63, 3.8) is 0 Å². The minimum atomic E-state index is -0.571. The monoisotopic (exact) mass is 406 g/mol. The summed E-state index contributed by atoms with van der Waals surface area (Å²) in [7, 11) is 0. The Morgan fingerprint density at radius 1 is 0.733 bits per heavy atom. The molecule has 1 aliphatic rings. The van der Waals surface area contributed by atoms with Gasteiger partial charge in [0.15, 0.2) is 0 Å². The van der Waals surface area contributed by atoms with Crippen LogP contribution in [0.5, 0.6) is 11.5 Å². The van der Waals surface area contributed by atoms with E-state index in [1.807, 2.05) is 0 Å². The van der Waals surface area contributed by atoms with Gasteiger partial charge in [0.2, 0.25) is 11.8 Å². The number of aromatic hydroxyl groups is 2. The maximum absolute atomic E-state index is 12.5. The van der Waals surface area contributed by atoms with E-state index in [1.54, 1.807) is 12.1 Å². The first-order valence-electron chi connectivity index (χ1n) is 9.77. The van der Waals surface area contributed by atoms with E-state index in [0.29, 0.717) is 23.9 Å². The number of nitrogens with zero attached hydrogens (tertiary/aromatic N) is 2. The molecule has 1 saturated carbocycles. The van der Waals surface area contributed by atoms with Crippen molar-refractivity contribution in [2.75, 3.05) is 0 Å². The van der Waals surface area contributed by atoms with E-state index < -0.39 is 11.3 Å². The molecule has 0 aliphatic heterocycles. The van der Waals surface area contributed by atoms with Gasteiger partial charge in [-0.25, -0.2) is 19.6 Å². The lowest BCUT2D eigenvalue weighted by Crippen LogP contribution is -2.21. The average molecular weight is 406 g/mol. The van der Waals surface area contributed by atoms with Crippen molar-refractivity contribution < 1.29 is 19.0 Å². The van der Waals surface area contributed by atoms with E-state index in [-0.39, 0.29) is 45.9 Å². The lowest BCUT2D eigenvalue weighted by Gasteiger charge is -2.28. The largest absolute Gasteiger partial charge is 0.508 e. The fourth-order valence-electron chi connectivity index (χ4n) is 4.19. The van der Waals surface area contributed by atoms with Gasteiger partial charge in [-0.2, -0.15) is 0 Å². The summed E-state index contributed by atoms with van der Waals surface area (Å²) in [5.74, 6) is -0.0536. The van der Waals surface area contributed by atoms with Gasteiger partial charge < -0.3 is 19.0 Å². The second-order valence-electron chi connectivity index (χ2n) is 7.58. The normalized spacial score (nSPS) is 19.3. The van der Waals surface area contributed by atoms with Crippen LogP contribution in [-0.2, 0) is 0 Å². The predicted molar refractivity (Wildman–Crippen MR) is 108 cm³/mol. The first-order valence-corrected chi connectivity index (χ1v) is 9.77. The summed E-state index contributed by atoms with van der Waals surface area (Å²) >= 11 is 0. The topological polar surface area (TPSA) is 127 Å². The highest BCUT2D eigenvalue weighted by atomic mass is 16.4. The molecule has 8 heteroatoms. The molecule has 30 heavy (non-hydrogen) atoms. The third-order valence-electron chi connectivity index (χ3n) is 5.66. The molecule has 1 fully saturated rings. The summed E-state index contributed by atoms with van der Waals surface area (Å²) in [6.07, 6.45) is 3.27. The van der Waals surface area contributed by atoms with Gasteiger partial charge in [-0.1, -0.05) is 12.8 Å². The Morgan fingerprint density at radius 3 is 1.60 bits per heavy atom. The molecule has 0 bridgehead atoms. The van der Waals surface area contributed by atoms with Gasteiger partial charge in [0.25, 0.3) is 0 Å². The number of fused-ring (bicyclic) bond motifs is 2. The third kappa shape index (κ3) is 3.10. The van der Waals surface area contributed by atoms with Crippen LogP contribution in [0.15, 0.2) is 54.8 Å². The summed E-state index contributed by atoms with van der Waals surface area (Å²) in [6.45, 7) is 0. The summed E-state index contributed by atoms with van der Waals surface area (Å²) in [4.78, 5) is 34.0. The lowest BCUT2D eigenvalue weighted by atomic mass is 9.79. The molecule has 8 nitrogen and oxygen atoms in total. The van der Waals surface area contributed by atoms with Gasteiger partial charge in [0.1, 0.15) is 11.5 Å². The molecule has 0 spiro atoms. The van der Waals surface area contributed by atoms with Crippen LogP contribution in [0.2, 0.25) is 0 Å². The van der Waals surface area contributed by atoms with Crippen molar-refractivity contribution in [3.05, 3.63) is 69.0 Å². The Bertz CT molecular complexity index is 1280. The van der Waals surface area contributed by atoms with E-state index in [4.69, 9.17) is 8.83 Å². The maximum atomic E-state index is 12.5. The van der Waals surface area contributed by atoms with Gasteiger partial charge in [0, 0.05) is 11.8 Å². The SMILES string of the molecule is O=c1oc(C2CCCCC2c2nc3ccc(O)cc3c(=O)o2)nc2ccc(O)cc12. The molecule has 152 valence electrons. The number of rotatable bonds is 2. The zero-order chi connectivity index (χ0) is 20.8. The summed E-state index contributed by atoms with van der Waals surface area (Å²) < 4.78 is 11.0. The zero-order valence-corrected chi connectivity index (χ0v) is 15.9. The molecule has 0 saturated heterocycles. The number of hydrogen-bond donors (Lipinski definition) is 2. The number of phenolic OH excluding ortho intramolecular Hbond substituents is 2. The van der Waals surface area contributed by atoms with Crippen molar-refractivity contribution in [3.8, 4) is 11.5 Å². The van der Waals surface area contributed by atoms with Crippen LogP contribution >= 0.6 is 0 Å². The molecular weight excluding hydrogens is 388 g/mol. The number of aromatic nitrogens is 2. The highest BCUT2D eigenvalue weighted by Gasteiger charge is 2.34. The number of hydrogen-bond acceptors (Lipinski definition) is 8. The lowest BCUT2D eigenvalue weighted by molar-refractivity contribution is 0.268. The third-order valence-corrected chi connectivity index (χ3v) is 5.66. The van der Waals surface area contributed by atoms with Crippen LogP contribution in [0.3, 0.4) is 0 Å². The van der Waals surface area contributed by atoms with E-state index in [2.05, 4.69) is 9.97 Å². The number of phenols is 2. The Hall–Kier alpha value is -3.68. The predicted octanol–water partition coefficient (Wildman–Crippen LogP) is 3.54. The van der Waals surface area contributed by atoms with Crippen molar-refractivity contribution in [1.82, 2.24) is 9.97 Å². The average Bonchev–Trinajstić information content (AvgIpc) is 2.74. The van der Waals surface area contributed by atoms with Gasteiger partial charge in [-0.05, 0) is 49.2 Å². The molecule has 2 heterocycles. The molecule has 2 unspecified atom stereocenters. The van der Waals surface area contributed by atoms with Gasteiger partial charge >= 0.3 is 11.3 Å². The van der Waals surface area contributed by atoms with Crippen LogP contribution in [-0.4, -0.2) is 20.2 Å². The Labute approximate surface area is 169 Å². The first kappa shape index (κ1) is 18.4. The Morgan fingerprint density at radius 2 is 1.17 bits per heavy atom. The van der Waals surface area contributed by atoms with Gasteiger partial charge in [-0.15, -0.1) is 0 Å². The highest BCUT2D eigenvalue weighted by molar-refractivity contribution is 5.79. The van der Waals surface area contributed by atoms with Crippen molar-refractivity contribution >= 4 is 21.8 Å². The molecule has 2 aromatic heterocycles. The van der Waals surface area contributed by atoms with E-state index in [0.717, 1.165) is 12.8 Å². The Kier molecular flexibility index (Phi) is 4.27. The molecular formula is C22H18N2O6. The number of benzene rings is 2. The zero-order valence-electron chi connectivity index (χ0n) is 15.9. The van der Waals surface area contributed by atoms with Gasteiger partial charge in [-0.3, -0.25) is 0 Å². The van der Waals surface area contributed by atoms with E-state index >= 15 is 0 Å². The molecule has 5 rings (SSSR count). The second kappa shape index (κ2) is 6.98. The van der Waals surface area contributed by atoms with Crippen molar-refractivity contribution in [2.24, 2.45) is 0 Å². The molecule has 2 atom stereocenters. The van der Waals surface area contributed by atoms with Crippen LogP contribution in [0.1, 0.15) is 49.3 Å². The van der Waals surface area contributed by atoms with Gasteiger partial charge in [0.05, 0.1) is 21.8 Å². The first-order chi connectivity index (χ1) is 14.5. The quantitative estimate of drug-likeness (QED) is 0.517. The van der Waals surface area contributed by atoms with E-state index in [1.165, 1.54) is 24.3 Å². The van der Waals surface area contributed by atoms with Crippen molar-refractivity contribution in [1.29, 1.82) is 0 Å². The summed E-state index contributed by atoms with van der Waals surface area (Å²) in [6, 6.07) is 8.74. The van der Waals surface area contributed by atoms with Crippen LogP contribution in [0, 0.1) is 0 Å².